The fourth-order valence-electron chi connectivity index (χ4n) is 1.90. The molecule has 1 saturated carbocycles. The van der Waals surface area contributed by atoms with E-state index in [-0.39, 0.29) is 0 Å². The number of nitrogen functional groups attached to an aromatic ring is 1. The van der Waals surface area contributed by atoms with Crippen LogP contribution in [0.15, 0.2) is 33.4 Å². The summed E-state index contributed by atoms with van der Waals surface area (Å²) in [6.45, 7) is 0. The van der Waals surface area contributed by atoms with Gasteiger partial charge in [0.25, 0.3) is 0 Å². The van der Waals surface area contributed by atoms with Gasteiger partial charge in [-0.25, -0.2) is 0 Å². The average Bonchev–Trinajstić information content (AvgIpc) is 2.71. The van der Waals surface area contributed by atoms with Crippen LogP contribution >= 0.6 is 15.9 Å². The van der Waals surface area contributed by atoms with E-state index in [9.17, 15) is 0 Å². The van der Waals surface area contributed by atoms with Gasteiger partial charge in [-0.3, -0.25) is 0 Å². The Hall–Kier alpha value is -1.49. The zero-order chi connectivity index (χ0) is 12.5. The predicted octanol–water partition coefficient (Wildman–Crippen LogP) is 3.62. The van der Waals surface area contributed by atoms with E-state index in [1.165, 1.54) is 6.42 Å². The summed E-state index contributed by atoms with van der Waals surface area (Å²) in [5.74, 6) is 1.20. The third-order valence-electron chi connectivity index (χ3n) is 3.19. The highest BCUT2D eigenvalue weighted by Gasteiger charge is 2.20. The van der Waals surface area contributed by atoms with Crippen molar-refractivity contribution in [2.24, 2.45) is 0 Å². The summed E-state index contributed by atoms with van der Waals surface area (Å²) in [6, 6.07) is 5.88. The van der Waals surface area contributed by atoms with E-state index in [1.807, 2.05) is 18.2 Å². The van der Waals surface area contributed by atoms with Gasteiger partial charge in [0.05, 0.1) is 22.3 Å². The van der Waals surface area contributed by atoms with Gasteiger partial charge in [-0.15, -0.1) is 0 Å². The first-order chi connectivity index (χ1) is 8.74. The number of aromatic nitrogens is 1. The molecule has 0 bridgehead atoms. The van der Waals surface area contributed by atoms with Crippen LogP contribution in [-0.2, 0) is 0 Å². The molecule has 94 valence electrons. The third-order valence-corrected chi connectivity index (χ3v) is 3.81. The highest BCUT2D eigenvalue weighted by molar-refractivity contribution is 9.10. The minimum absolute atomic E-state index is 0.328. The highest BCUT2D eigenvalue weighted by Crippen LogP contribution is 2.35. The minimum Gasteiger partial charge on any atom is -0.489 e. The predicted molar refractivity (Wildman–Crippen MR) is 72.3 cm³/mol. The summed E-state index contributed by atoms with van der Waals surface area (Å²) >= 11 is 3.52. The minimum atomic E-state index is 0.328. The van der Waals surface area contributed by atoms with Gasteiger partial charge in [0.2, 0.25) is 5.88 Å². The molecule has 2 N–H and O–H groups in total. The zero-order valence-electron chi connectivity index (χ0n) is 9.73. The molecular formula is C13H13BrN2O2. The van der Waals surface area contributed by atoms with Gasteiger partial charge in [0.15, 0.2) is 0 Å². The third kappa shape index (κ3) is 2.10. The van der Waals surface area contributed by atoms with Gasteiger partial charge in [-0.1, -0.05) is 11.2 Å². The van der Waals surface area contributed by atoms with Crippen molar-refractivity contribution >= 4 is 21.8 Å². The van der Waals surface area contributed by atoms with Gasteiger partial charge in [-0.05, 0) is 52.9 Å². The molecule has 0 aliphatic heterocycles. The lowest BCUT2D eigenvalue weighted by atomic mass is 9.96. The first kappa shape index (κ1) is 11.6. The Kier molecular flexibility index (Phi) is 2.99. The fourth-order valence-corrected chi connectivity index (χ4v) is 2.37. The Labute approximate surface area is 113 Å². The van der Waals surface area contributed by atoms with Crippen molar-refractivity contribution in [2.75, 3.05) is 5.73 Å². The standard InChI is InChI=1S/C13H13BrN2O2/c14-11-6-8(10-7-16-18-13(10)15)4-5-12(11)17-9-2-1-3-9/h4-7,9H,1-3,15H2. The molecule has 0 radical (unpaired) electrons. The van der Waals surface area contributed by atoms with Crippen molar-refractivity contribution in [3.63, 3.8) is 0 Å². The second kappa shape index (κ2) is 4.65. The van der Waals surface area contributed by atoms with Crippen LogP contribution in [-0.4, -0.2) is 11.3 Å². The Morgan fingerprint density at radius 1 is 1.39 bits per heavy atom. The molecule has 1 heterocycles. The monoisotopic (exact) mass is 308 g/mol. The number of anilines is 1. The molecule has 1 aromatic carbocycles. The Bertz CT molecular complexity index is 564. The molecule has 5 heteroatoms. The molecule has 0 saturated heterocycles. The maximum Gasteiger partial charge on any atom is 0.229 e. The molecule has 2 aromatic rings. The molecule has 18 heavy (non-hydrogen) atoms. The average molecular weight is 309 g/mol. The summed E-state index contributed by atoms with van der Waals surface area (Å²) in [5.41, 5.74) is 7.45. The summed E-state index contributed by atoms with van der Waals surface area (Å²) in [4.78, 5) is 0. The lowest BCUT2D eigenvalue weighted by molar-refractivity contribution is 0.119. The molecule has 4 nitrogen and oxygen atoms in total. The summed E-state index contributed by atoms with van der Waals surface area (Å²) in [5, 5.41) is 3.67. The maximum absolute atomic E-state index is 5.87. The first-order valence-corrected chi connectivity index (χ1v) is 6.70. The van der Waals surface area contributed by atoms with Crippen molar-refractivity contribution in [3.8, 4) is 16.9 Å². The van der Waals surface area contributed by atoms with Crippen LogP contribution in [0.2, 0.25) is 0 Å². The lowest BCUT2D eigenvalue weighted by Gasteiger charge is -2.27. The number of ether oxygens (including phenoxy) is 1. The van der Waals surface area contributed by atoms with E-state index >= 15 is 0 Å². The van der Waals surface area contributed by atoms with Crippen molar-refractivity contribution in [1.29, 1.82) is 0 Å². The summed E-state index contributed by atoms with van der Waals surface area (Å²) in [7, 11) is 0. The topological polar surface area (TPSA) is 61.3 Å². The Morgan fingerprint density at radius 3 is 2.78 bits per heavy atom. The molecule has 1 aliphatic carbocycles. The van der Waals surface area contributed by atoms with Crippen molar-refractivity contribution < 1.29 is 9.26 Å². The quantitative estimate of drug-likeness (QED) is 0.940. The second-order valence-corrected chi connectivity index (χ2v) is 5.27. The van der Waals surface area contributed by atoms with Crippen molar-refractivity contribution in [3.05, 3.63) is 28.9 Å². The Morgan fingerprint density at radius 2 is 2.22 bits per heavy atom. The fraction of sp³-hybridized carbons (Fsp3) is 0.308. The van der Waals surface area contributed by atoms with E-state index in [1.54, 1.807) is 6.20 Å². The van der Waals surface area contributed by atoms with E-state index < -0.39 is 0 Å². The van der Waals surface area contributed by atoms with Crippen LogP contribution in [0, 0.1) is 0 Å². The van der Waals surface area contributed by atoms with Crippen LogP contribution in [0.25, 0.3) is 11.1 Å². The van der Waals surface area contributed by atoms with E-state index in [2.05, 4.69) is 21.1 Å². The Balaban J connectivity index is 1.86. The van der Waals surface area contributed by atoms with Crippen LogP contribution in [0.1, 0.15) is 19.3 Å². The largest absolute Gasteiger partial charge is 0.489 e. The van der Waals surface area contributed by atoms with E-state index in [0.717, 1.165) is 34.2 Å². The molecule has 0 atom stereocenters. The number of nitrogens with zero attached hydrogens (tertiary/aromatic N) is 1. The van der Waals surface area contributed by atoms with Gasteiger partial charge >= 0.3 is 0 Å². The van der Waals surface area contributed by atoms with Gasteiger partial charge in [0.1, 0.15) is 5.75 Å². The van der Waals surface area contributed by atoms with Crippen molar-refractivity contribution in [1.82, 2.24) is 5.16 Å². The molecule has 3 rings (SSSR count). The number of benzene rings is 1. The molecule has 0 unspecified atom stereocenters. The highest BCUT2D eigenvalue weighted by atomic mass is 79.9. The maximum atomic E-state index is 5.87. The molecule has 0 spiro atoms. The number of halogens is 1. The van der Waals surface area contributed by atoms with Crippen LogP contribution in [0.5, 0.6) is 5.75 Å². The molecule has 1 aliphatic rings. The van der Waals surface area contributed by atoms with Crippen molar-refractivity contribution in [2.45, 2.75) is 25.4 Å². The van der Waals surface area contributed by atoms with E-state index in [0.29, 0.717) is 12.0 Å². The second-order valence-electron chi connectivity index (χ2n) is 4.42. The van der Waals surface area contributed by atoms with Crippen LogP contribution in [0.3, 0.4) is 0 Å². The summed E-state index contributed by atoms with van der Waals surface area (Å²) in [6.07, 6.45) is 5.54. The van der Waals surface area contributed by atoms with Gasteiger partial charge < -0.3 is 15.0 Å². The molecule has 1 aromatic heterocycles. The number of nitrogens with two attached hydrogens (primary N) is 1. The number of hydrogen-bond acceptors (Lipinski definition) is 4. The van der Waals surface area contributed by atoms with Gasteiger partial charge in [-0.2, -0.15) is 0 Å². The van der Waals surface area contributed by atoms with Gasteiger partial charge in [0, 0.05) is 0 Å². The number of hydrogen-bond donors (Lipinski definition) is 1. The zero-order valence-corrected chi connectivity index (χ0v) is 11.3. The first-order valence-electron chi connectivity index (χ1n) is 5.91. The molecule has 1 fully saturated rings. The lowest BCUT2D eigenvalue weighted by Crippen LogP contribution is -2.24. The SMILES string of the molecule is Nc1oncc1-c1ccc(OC2CCC2)c(Br)c1. The smallest absolute Gasteiger partial charge is 0.229 e. The molecule has 0 amide bonds. The molecular weight excluding hydrogens is 296 g/mol. The number of rotatable bonds is 3. The van der Waals surface area contributed by atoms with Crippen LogP contribution < -0.4 is 10.5 Å². The summed E-state index contributed by atoms with van der Waals surface area (Å²) < 4.78 is 11.7. The normalized spacial score (nSPS) is 15.4. The van der Waals surface area contributed by atoms with Crippen LogP contribution in [0.4, 0.5) is 5.88 Å². The van der Waals surface area contributed by atoms with E-state index in [4.69, 9.17) is 15.0 Å².